The number of benzene rings is 1. The van der Waals surface area contributed by atoms with Crippen molar-refractivity contribution in [2.45, 2.75) is 19.9 Å². The summed E-state index contributed by atoms with van der Waals surface area (Å²) in [6.45, 7) is 3.80. The van der Waals surface area contributed by atoms with Gasteiger partial charge in [-0.1, -0.05) is 29.8 Å². The number of nitrogens with zero attached hydrogens (tertiary/aromatic N) is 2. The topological polar surface area (TPSA) is 29.9 Å². The van der Waals surface area contributed by atoms with Crippen LogP contribution in [0.2, 0.25) is 5.02 Å². The molecule has 0 saturated heterocycles. The first-order valence-electron chi connectivity index (χ1n) is 5.74. The minimum atomic E-state index is 0.737. The van der Waals surface area contributed by atoms with Gasteiger partial charge in [0.25, 0.3) is 0 Å². The number of halogens is 1. The Bertz CT molecular complexity index is 465. The SMILES string of the molecule is Cc1c(Cl)cnn1CCCNc1ccccc1. The van der Waals surface area contributed by atoms with Gasteiger partial charge in [-0.3, -0.25) is 4.68 Å². The quantitative estimate of drug-likeness (QED) is 0.824. The molecule has 4 heteroatoms. The molecule has 1 aromatic carbocycles. The van der Waals surface area contributed by atoms with E-state index in [9.17, 15) is 0 Å². The van der Waals surface area contributed by atoms with Crippen molar-refractivity contribution in [3.63, 3.8) is 0 Å². The maximum atomic E-state index is 5.94. The Balaban J connectivity index is 1.75. The average Bonchev–Trinajstić information content (AvgIpc) is 2.67. The molecule has 1 heterocycles. The molecule has 0 aliphatic rings. The number of rotatable bonds is 5. The third-order valence-corrected chi connectivity index (χ3v) is 3.06. The molecular formula is C13H16ClN3. The van der Waals surface area contributed by atoms with Crippen LogP contribution in [0.3, 0.4) is 0 Å². The minimum Gasteiger partial charge on any atom is -0.385 e. The number of hydrogen-bond acceptors (Lipinski definition) is 2. The molecule has 0 amide bonds. The number of para-hydroxylation sites is 1. The molecule has 0 radical (unpaired) electrons. The molecule has 0 bridgehead atoms. The first kappa shape index (κ1) is 12.0. The molecule has 0 fully saturated rings. The van der Waals surface area contributed by atoms with Gasteiger partial charge in [0, 0.05) is 18.8 Å². The van der Waals surface area contributed by atoms with Crippen LogP contribution in [0, 0.1) is 6.92 Å². The zero-order valence-corrected chi connectivity index (χ0v) is 10.6. The summed E-state index contributed by atoms with van der Waals surface area (Å²) in [5.41, 5.74) is 2.19. The van der Waals surface area contributed by atoms with Crippen molar-refractivity contribution < 1.29 is 0 Å². The van der Waals surface area contributed by atoms with Crippen molar-refractivity contribution in [1.29, 1.82) is 0 Å². The lowest BCUT2D eigenvalue weighted by Gasteiger charge is -2.07. The van der Waals surface area contributed by atoms with Gasteiger partial charge in [-0.15, -0.1) is 0 Å². The van der Waals surface area contributed by atoms with E-state index in [2.05, 4.69) is 22.5 Å². The zero-order valence-electron chi connectivity index (χ0n) is 9.86. The van der Waals surface area contributed by atoms with E-state index in [1.165, 1.54) is 0 Å². The Morgan fingerprint density at radius 2 is 2.06 bits per heavy atom. The van der Waals surface area contributed by atoms with Crippen molar-refractivity contribution in [3.8, 4) is 0 Å². The van der Waals surface area contributed by atoms with Gasteiger partial charge in [0.2, 0.25) is 0 Å². The van der Waals surface area contributed by atoms with Crippen LogP contribution in [0.15, 0.2) is 36.5 Å². The standard InChI is InChI=1S/C13H16ClN3/c1-11-13(14)10-16-17(11)9-5-8-15-12-6-3-2-4-7-12/h2-4,6-7,10,15H,5,8-9H2,1H3. The highest BCUT2D eigenvalue weighted by atomic mass is 35.5. The van der Waals surface area contributed by atoms with Gasteiger partial charge in [0.05, 0.1) is 16.9 Å². The summed E-state index contributed by atoms with van der Waals surface area (Å²) in [7, 11) is 0. The fourth-order valence-electron chi connectivity index (χ4n) is 1.67. The fraction of sp³-hybridized carbons (Fsp3) is 0.308. The molecule has 3 nitrogen and oxygen atoms in total. The molecular weight excluding hydrogens is 234 g/mol. The highest BCUT2D eigenvalue weighted by molar-refractivity contribution is 6.31. The molecule has 2 rings (SSSR count). The molecule has 0 spiro atoms. The second-order valence-corrected chi connectivity index (χ2v) is 4.35. The number of nitrogens with one attached hydrogen (secondary N) is 1. The van der Waals surface area contributed by atoms with Gasteiger partial charge in [-0.25, -0.2) is 0 Å². The van der Waals surface area contributed by atoms with E-state index in [4.69, 9.17) is 11.6 Å². The molecule has 17 heavy (non-hydrogen) atoms. The van der Waals surface area contributed by atoms with Crippen LogP contribution in [-0.2, 0) is 6.54 Å². The van der Waals surface area contributed by atoms with Crippen molar-refractivity contribution in [3.05, 3.63) is 47.2 Å². The molecule has 90 valence electrons. The maximum Gasteiger partial charge on any atom is 0.0814 e. The van der Waals surface area contributed by atoms with E-state index in [1.807, 2.05) is 29.8 Å². The van der Waals surface area contributed by atoms with Crippen LogP contribution in [0.1, 0.15) is 12.1 Å². The van der Waals surface area contributed by atoms with Gasteiger partial charge in [0.15, 0.2) is 0 Å². The predicted molar refractivity (Wildman–Crippen MR) is 71.5 cm³/mol. The Hall–Kier alpha value is -1.48. The third kappa shape index (κ3) is 3.24. The van der Waals surface area contributed by atoms with Crippen LogP contribution < -0.4 is 5.32 Å². The van der Waals surface area contributed by atoms with Crippen molar-refractivity contribution in [2.75, 3.05) is 11.9 Å². The van der Waals surface area contributed by atoms with Crippen LogP contribution in [-0.4, -0.2) is 16.3 Å². The van der Waals surface area contributed by atoms with Crippen molar-refractivity contribution in [1.82, 2.24) is 9.78 Å². The molecule has 2 aromatic rings. The Morgan fingerprint density at radius 3 is 2.71 bits per heavy atom. The third-order valence-electron chi connectivity index (χ3n) is 2.69. The molecule has 0 unspecified atom stereocenters. The normalized spacial score (nSPS) is 10.5. The molecule has 0 atom stereocenters. The Kier molecular flexibility index (Phi) is 4.04. The van der Waals surface area contributed by atoms with Gasteiger partial charge in [0.1, 0.15) is 0 Å². The lowest BCUT2D eigenvalue weighted by Crippen LogP contribution is -2.08. The molecule has 0 saturated carbocycles. The maximum absolute atomic E-state index is 5.94. The van der Waals surface area contributed by atoms with E-state index in [1.54, 1.807) is 6.20 Å². The lowest BCUT2D eigenvalue weighted by molar-refractivity contribution is 0.577. The Morgan fingerprint density at radius 1 is 1.29 bits per heavy atom. The summed E-state index contributed by atoms with van der Waals surface area (Å²) in [4.78, 5) is 0. The van der Waals surface area contributed by atoms with Crippen LogP contribution in [0.25, 0.3) is 0 Å². The second-order valence-electron chi connectivity index (χ2n) is 3.95. The largest absolute Gasteiger partial charge is 0.385 e. The predicted octanol–water partition coefficient (Wildman–Crippen LogP) is 3.35. The molecule has 1 N–H and O–H groups in total. The van der Waals surface area contributed by atoms with Gasteiger partial charge >= 0.3 is 0 Å². The highest BCUT2D eigenvalue weighted by Crippen LogP contribution is 2.13. The van der Waals surface area contributed by atoms with E-state index < -0.39 is 0 Å². The summed E-state index contributed by atoms with van der Waals surface area (Å²) in [6, 6.07) is 10.2. The summed E-state index contributed by atoms with van der Waals surface area (Å²) in [5, 5.41) is 8.32. The first-order valence-corrected chi connectivity index (χ1v) is 6.12. The van der Waals surface area contributed by atoms with Gasteiger partial charge in [-0.2, -0.15) is 5.10 Å². The molecule has 0 aliphatic carbocycles. The summed E-state index contributed by atoms with van der Waals surface area (Å²) in [6.07, 6.45) is 2.72. The Labute approximate surface area is 106 Å². The fourth-order valence-corrected chi connectivity index (χ4v) is 1.81. The summed E-state index contributed by atoms with van der Waals surface area (Å²) in [5.74, 6) is 0. The number of hydrogen-bond donors (Lipinski definition) is 1. The van der Waals surface area contributed by atoms with E-state index in [-0.39, 0.29) is 0 Å². The summed E-state index contributed by atoms with van der Waals surface area (Å²) >= 11 is 5.94. The molecule has 0 aliphatic heterocycles. The number of aryl methyl sites for hydroxylation is 1. The number of aromatic nitrogens is 2. The van der Waals surface area contributed by atoms with Crippen LogP contribution in [0.4, 0.5) is 5.69 Å². The average molecular weight is 250 g/mol. The van der Waals surface area contributed by atoms with E-state index in [0.717, 1.165) is 35.9 Å². The van der Waals surface area contributed by atoms with Crippen molar-refractivity contribution >= 4 is 17.3 Å². The monoisotopic (exact) mass is 249 g/mol. The highest BCUT2D eigenvalue weighted by Gasteiger charge is 2.02. The number of anilines is 1. The zero-order chi connectivity index (χ0) is 12.1. The summed E-state index contributed by atoms with van der Waals surface area (Å²) < 4.78 is 1.94. The van der Waals surface area contributed by atoms with E-state index in [0.29, 0.717) is 0 Å². The molecule has 1 aromatic heterocycles. The van der Waals surface area contributed by atoms with E-state index >= 15 is 0 Å². The smallest absolute Gasteiger partial charge is 0.0814 e. The first-order chi connectivity index (χ1) is 8.27. The van der Waals surface area contributed by atoms with Crippen molar-refractivity contribution in [2.24, 2.45) is 0 Å². The van der Waals surface area contributed by atoms with Crippen LogP contribution >= 0.6 is 11.6 Å². The van der Waals surface area contributed by atoms with Gasteiger partial charge < -0.3 is 5.32 Å². The van der Waals surface area contributed by atoms with Crippen LogP contribution in [0.5, 0.6) is 0 Å². The van der Waals surface area contributed by atoms with Gasteiger partial charge in [-0.05, 0) is 25.5 Å². The minimum absolute atomic E-state index is 0.737. The second kappa shape index (κ2) is 5.73. The lowest BCUT2D eigenvalue weighted by atomic mass is 10.3.